The van der Waals surface area contributed by atoms with Crippen molar-refractivity contribution in [3.05, 3.63) is 78.8 Å². The number of hydrogen-bond acceptors (Lipinski definition) is 7. The van der Waals surface area contributed by atoms with Crippen molar-refractivity contribution in [3.8, 4) is 22.9 Å². The maximum absolute atomic E-state index is 13.0. The number of aromatic nitrogens is 4. The first-order valence-electron chi connectivity index (χ1n) is 9.89. The molecule has 1 amide bonds. The fourth-order valence-electron chi connectivity index (χ4n) is 2.94. The van der Waals surface area contributed by atoms with Crippen molar-refractivity contribution in [3.63, 3.8) is 0 Å². The molecule has 1 N–H and O–H groups in total. The highest BCUT2D eigenvalue weighted by atomic mass is 16.5. The second-order valence-corrected chi connectivity index (χ2v) is 6.61. The Bertz CT molecular complexity index is 1170. The van der Waals surface area contributed by atoms with Crippen LogP contribution in [-0.4, -0.2) is 46.4 Å². The zero-order chi connectivity index (χ0) is 22.2. The van der Waals surface area contributed by atoms with E-state index in [1.165, 1.54) is 10.9 Å². The van der Waals surface area contributed by atoms with E-state index >= 15 is 0 Å². The normalized spacial score (nSPS) is 11.2. The van der Waals surface area contributed by atoms with Crippen molar-refractivity contribution in [2.45, 2.75) is 0 Å². The number of amides is 1. The zero-order valence-electron chi connectivity index (χ0n) is 17.3. The van der Waals surface area contributed by atoms with Crippen molar-refractivity contribution in [1.82, 2.24) is 25.5 Å². The van der Waals surface area contributed by atoms with Gasteiger partial charge in [-0.05, 0) is 46.8 Å². The number of carbonyl (C=O) groups is 1. The van der Waals surface area contributed by atoms with E-state index in [-0.39, 0.29) is 24.8 Å². The Balaban J connectivity index is 1.48. The highest BCUT2D eigenvalue weighted by molar-refractivity contribution is 6.18. The highest BCUT2D eigenvalue weighted by Crippen LogP contribution is 2.21. The van der Waals surface area contributed by atoms with Crippen LogP contribution >= 0.6 is 0 Å². The van der Waals surface area contributed by atoms with Crippen molar-refractivity contribution < 1.29 is 18.7 Å². The number of carbonyl (C=O) groups excluding carboxylic acids is 1. The molecule has 0 spiro atoms. The van der Waals surface area contributed by atoms with Gasteiger partial charge in [0.2, 0.25) is 0 Å². The van der Waals surface area contributed by atoms with Crippen molar-refractivity contribution in [2.75, 3.05) is 20.3 Å². The summed E-state index contributed by atoms with van der Waals surface area (Å²) >= 11 is 0. The Hall–Kier alpha value is -4.40. The van der Waals surface area contributed by atoms with Gasteiger partial charge in [0.1, 0.15) is 29.6 Å². The Morgan fingerprint density at radius 3 is 2.56 bits per heavy atom. The summed E-state index contributed by atoms with van der Waals surface area (Å²) in [6.07, 6.45) is 3.12. The Labute approximate surface area is 184 Å². The number of hydrogen-bond donors (Lipinski definition) is 1. The predicted octanol–water partition coefficient (Wildman–Crippen LogP) is 3.14. The standard InChI is InChI=1S/C23H21N5O4/c1-30-18-9-11-19(12-10-18)32-15-13-24-23(29)21(16-20-8-5-14-31-20)28-22(25-26-27-28)17-6-3-2-4-7-17/h2-12,14,16H,13,15H2,1H3,(H,24,29)/b21-16+. The van der Waals surface area contributed by atoms with Gasteiger partial charge in [-0.15, -0.1) is 5.10 Å². The van der Waals surface area contributed by atoms with E-state index < -0.39 is 0 Å². The van der Waals surface area contributed by atoms with Crippen molar-refractivity contribution in [1.29, 1.82) is 0 Å². The molecule has 0 saturated carbocycles. The van der Waals surface area contributed by atoms with Gasteiger partial charge in [-0.25, -0.2) is 0 Å². The zero-order valence-corrected chi connectivity index (χ0v) is 17.3. The van der Waals surface area contributed by atoms with Gasteiger partial charge in [0.15, 0.2) is 5.82 Å². The average Bonchev–Trinajstić information content (AvgIpc) is 3.53. The minimum atomic E-state index is -0.371. The van der Waals surface area contributed by atoms with Crippen LogP contribution in [0, 0.1) is 0 Å². The minimum Gasteiger partial charge on any atom is -0.497 e. The van der Waals surface area contributed by atoms with Gasteiger partial charge in [0, 0.05) is 11.6 Å². The van der Waals surface area contributed by atoms with Gasteiger partial charge in [-0.2, -0.15) is 4.68 Å². The maximum atomic E-state index is 13.0. The fourth-order valence-corrected chi connectivity index (χ4v) is 2.94. The van der Waals surface area contributed by atoms with E-state index in [1.807, 2.05) is 30.3 Å². The summed E-state index contributed by atoms with van der Waals surface area (Å²) in [5.74, 6) is 1.99. The van der Waals surface area contributed by atoms with Gasteiger partial charge in [0.25, 0.3) is 5.91 Å². The predicted molar refractivity (Wildman–Crippen MR) is 118 cm³/mol. The van der Waals surface area contributed by atoms with Gasteiger partial charge in [0.05, 0.1) is 19.9 Å². The lowest BCUT2D eigenvalue weighted by atomic mass is 10.2. The van der Waals surface area contributed by atoms with Gasteiger partial charge >= 0.3 is 0 Å². The minimum absolute atomic E-state index is 0.216. The summed E-state index contributed by atoms with van der Waals surface area (Å²) in [5, 5.41) is 14.7. The van der Waals surface area contributed by atoms with E-state index in [0.717, 1.165) is 11.3 Å². The number of benzene rings is 2. The van der Waals surface area contributed by atoms with Crippen LogP contribution in [0.3, 0.4) is 0 Å². The van der Waals surface area contributed by atoms with E-state index in [4.69, 9.17) is 13.9 Å². The molecule has 0 saturated heterocycles. The summed E-state index contributed by atoms with van der Waals surface area (Å²) in [6.45, 7) is 0.566. The van der Waals surface area contributed by atoms with Crippen LogP contribution in [0.4, 0.5) is 0 Å². The molecule has 4 rings (SSSR count). The van der Waals surface area contributed by atoms with Crippen LogP contribution in [0.25, 0.3) is 23.2 Å². The summed E-state index contributed by atoms with van der Waals surface area (Å²) in [5.41, 5.74) is 0.992. The number of nitrogens with one attached hydrogen (secondary N) is 1. The largest absolute Gasteiger partial charge is 0.497 e. The molecule has 0 aliphatic carbocycles. The molecule has 9 heteroatoms. The smallest absolute Gasteiger partial charge is 0.270 e. The Morgan fingerprint density at radius 1 is 1.06 bits per heavy atom. The molecule has 32 heavy (non-hydrogen) atoms. The molecular formula is C23H21N5O4. The first-order valence-corrected chi connectivity index (χ1v) is 9.89. The molecule has 2 heterocycles. The SMILES string of the molecule is COc1ccc(OCCNC(=O)/C(=C\c2ccco2)n2nnnc2-c2ccccc2)cc1. The van der Waals surface area contributed by atoms with E-state index in [1.54, 1.807) is 49.6 Å². The number of tetrazole rings is 1. The van der Waals surface area contributed by atoms with Crippen LogP contribution in [0.15, 0.2) is 77.4 Å². The summed E-state index contributed by atoms with van der Waals surface area (Å²) in [4.78, 5) is 13.0. The fraction of sp³-hybridized carbons (Fsp3) is 0.130. The topological polar surface area (TPSA) is 104 Å². The molecule has 4 aromatic rings. The third-order valence-electron chi connectivity index (χ3n) is 4.50. The Morgan fingerprint density at radius 2 is 1.84 bits per heavy atom. The number of nitrogens with zero attached hydrogens (tertiary/aromatic N) is 4. The van der Waals surface area contributed by atoms with Crippen molar-refractivity contribution >= 4 is 17.7 Å². The van der Waals surface area contributed by atoms with E-state index in [0.29, 0.717) is 17.3 Å². The monoisotopic (exact) mass is 431 g/mol. The molecule has 0 aliphatic heterocycles. The second kappa shape index (κ2) is 10.1. The van der Waals surface area contributed by atoms with Crippen LogP contribution in [-0.2, 0) is 4.79 Å². The molecular weight excluding hydrogens is 410 g/mol. The number of methoxy groups -OCH3 is 1. The number of rotatable bonds is 9. The van der Waals surface area contributed by atoms with Crippen molar-refractivity contribution in [2.24, 2.45) is 0 Å². The Kier molecular flexibility index (Phi) is 6.57. The van der Waals surface area contributed by atoms with Gasteiger partial charge in [-0.3, -0.25) is 4.79 Å². The first-order chi connectivity index (χ1) is 15.7. The molecule has 0 atom stereocenters. The lowest BCUT2D eigenvalue weighted by Crippen LogP contribution is -2.31. The molecule has 2 aromatic carbocycles. The summed E-state index contributed by atoms with van der Waals surface area (Å²) < 4.78 is 17.6. The third-order valence-corrected chi connectivity index (χ3v) is 4.50. The molecule has 0 aliphatic rings. The van der Waals surface area contributed by atoms with E-state index in [2.05, 4.69) is 20.8 Å². The number of furan rings is 1. The van der Waals surface area contributed by atoms with E-state index in [9.17, 15) is 4.79 Å². The van der Waals surface area contributed by atoms with Crippen LogP contribution in [0.1, 0.15) is 5.76 Å². The van der Waals surface area contributed by atoms with Gasteiger partial charge < -0.3 is 19.2 Å². The lowest BCUT2D eigenvalue weighted by molar-refractivity contribution is -0.116. The quantitative estimate of drug-likeness (QED) is 0.321. The molecule has 162 valence electrons. The summed E-state index contributed by atoms with van der Waals surface area (Å²) in [7, 11) is 1.60. The lowest BCUT2D eigenvalue weighted by Gasteiger charge is -2.11. The van der Waals surface area contributed by atoms with Gasteiger partial charge in [-0.1, -0.05) is 30.3 Å². The molecule has 0 bridgehead atoms. The molecule has 2 aromatic heterocycles. The average molecular weight is 431 g/mol. The number of ether oxygens (including phenoxy) is 2. The molecule has 0 unspecified atom stereocenters. The highest BCUT2D eigenvalue weighted by Gasteiger charge is 2.19. The third kappa shape index (κ3) is 5.01. The molecule has 0 radical (unpaired) electrons. The molecule has 9 nitrogen and oxygen atoms in total. The molecule has 0 fully saturated rings. The van der Waals surface area contributed by atoms with Crippen LogP contribution in [0.2, 0.25) is 0 Å². The second-order valence-electron chi connectivity index (χ2n) is 6.61. The van der Waals surface area contributed by atoms with Crippen LogP contribution < -0.4 is 14.8 Å². The first kappa shape index (κ1) is 20.9. The summed E-state index contributed by atoms with van der Waals surface area (Å²) in [6, 6.07) is 20.1. The maximum Gasteiger partial charge on any atom is 0.270 e. The van der Waals surface area contributed by atoms with Crippen LogP contribution in [0.5, 0.6) is 11.5 Å².